The molecule has 0 aliphatic rings. The van der Waals surface area contributed by atoms with E-state index in [1.165, 1.54) is 0 Å². The van der Waals surface area contributed by atoms with Gasteiger partial charge in [0.1, 0.15) is 0 Å². The van der Waals surface area contributed by atoms with Crippen LogP contribution in [0, 0.1) is 5.41 Å². The lowest BCUT2D eigenvalue weighted by Gasteiger charge is -2.31. The molecule has 0 unspecified atom stereocenters. The molecule has 21 heavy (non-hydrogen) atoms. The first-order valence-electron chi connectivity index (χ1n) is 7.34. The molecule has 3 N–H and O–H groups in total. The maximum atomic E-state index is 12.1. The Morgan fingerprint density at radius 3 is 2.48 bits per heavy atom. The van der Waals surface area contributed by atoms with Gasteiger partial charge in [-0.05, 0) is 49.2 Å². The summed E-state index contributed by atoms with van der Waals surface area (Å²) in [7, 11) is 0. The first-order valence-corrected chi connectivity index (χ1v) is 7.72. The first-order chi connectivity index (χ1) is 9.86. The predicted octanol–water partition coefficient (Wildman–Crippen LogP) is 2.98. The number of rotatable bonds is 8. The summed E-state index contributed by atoms with van der Waals surface area (Å²) in [5.41, 5.74) is 6.55. The standard InChI is InChI=1S/C16H26ClN3O/c1-4-9-20(12-16(2,3)11-18)10-15(21)19-14-7-5-13(17)6-8-14/h5-8H,4,9-12,18H2,1-3H3,(H,19,21). The van der Waals surface area contributed by atoms with E-state index in [2.05, 4.69) is 31.0 Å². The number of nitrogens with zero attached hydrogens (tertiary/aromatic N) is 1. The van der Waals surface area contributed by atoms with Crippen LogP contribution in [0.2, 0.25) is 5.02 Å². The third-order valence-corrected chi connectivity index (χ3v) is 3.49. The number of hydrogen-bond acceptors (Lipinski definition) is 3. The number of hydrogen-bond donors (Lipinski definition) is 2. The summed E-state index contributed by atoms with van der Waals surface area (Å²) in [6.45, 7) is 9.02. The number of nitrogens with one attached hydrogen (secondary N) is 1. The van der Waals surface area contributed by atoms with Gasteiger partial charge in [0.15, 0.2) is 0 Å². The molecule has 0 saturated carbocycles. The zero-order valence-corrected chi connectivity index (χ0v) is 13.9. The van der Waals surface area contributed by atoms with E-state index in [-0.39, 0.29) is 11.3 Å². The van der Waals surface area contributed by atoms with Crippen molar-refractivity contribution in [3.05, 3.63) is 29.3 Å². The van der Waals surface area contributed by atoms with Gasteiger partial charge in [0, 0.05) is 17.3 Å². The third-order valence-electron chi connectivity index (χ3n) is 3.24. The molecule has 1 rings (SSSR count). The largest absolute Gasteiger partial charge is 0.330 e. The summed E-state index contributed by atoms with van der Waals surface area (Å²) >= 11 is 5.83. The molecule has 0 aliphatic heterocycles. The van der Waals surface area contributed by atoms with Crippen molar-refractivity contribution < 1.29 is 4.79 Å². The van der Waals surface area contributed by atoms with Crippen LogP contribution in [0.15, 0.2) is 24.3 Å². The van der Waals surface area contributed by atoms with Crippen molar-refractivity contribution in [3.63, 3.8) is 0 Å². The topological polar surface area (TPSA) is 58.4 Å². The van der Waals surface area contributed by atoms with E-state index in [0.717, 1.165) is 25.2 Å². The number of benzene rings is 1. The Morgan fingerprint density at radius 2 is 1.95 bits per heavy atom. The average molecular weight is 312 g/mol. The van der Waals surface area contributed by atoms with Gasteiger partial charge in [-0.2, -0.15) is 0 Å². The van der Waals surface area contributed by atoms with Gasteiger partial charge in [0.25, 0.3) is 0 Å². The second-order valence-electron chi connectivity index (χ2n) is 6.13. The Bertz CT molecular complexity index is 445. The molecule has 0 bridgehead atoms. The fraction of sp³-hybridized carbons (Fsp3) is 0.562. The van der Waals surface area contributed by atoms with Crippen LogP contribution in [0.4, 0.5) is 5.69 Å². The van der Waals surface area contributed by atoms with Crippen molar-refractivity contribution in [2.24, 2.45) is 11.1 Å². The summed E-state index contributed by atoms with van der Waals surface area (Å²) in [6.07, 6.45) is 1.01. The monoisotopic (exact) mass is 311 g/mol. The second-order valence-corrected chi connectivity index (χ2v) is 6.57. The van der Waals surface area contributed by atoms with E-state index in [1.807, 2.05) is 0 Å². The Balaban J connectivity index is 2.57. The lowest BCUT2D eigenvalue weighted by molar-refractivity contribution is -0.117. The van der Waals surface area contributed by atoms with Crippen molar-refractivity contribution in [2.45, 2.75) is 27.2 Å². The minimum absolute atomic E-state index is 0.00965. The summed E-state index contributed by atoms with van der Waals surface area (Å²) in [6, 6.07) is 7.12. The summed E-state index contributed by atoms with van der Waals surface area (Å²) in [5.74, 6) is -0.0152. The van der Waals surface area contributed by atoms with E-state index in [4.69, 9.17) is 17.3 Å². The molecule has 0 saturated heterocycles. The normalized spacial score (nSPS) is 11.7. The van der Waals surface area contributed by atoms with Crippen LogP contribution in [0.25, 0.3) is 0 Å². The smallest absolute Gasteiger partial charge is 0.238 e. The highest BCUT2D eigenvalue weighted by molar-refractivity contribution is 6.30. The molecule has 5 heteroatoms. The maximum absolute atomic E-state index is 12.1. The van der Waals surface area contributed by atoms with Crippen molar-refractivity contribution >= 4 is 23.2 Å². The summed E-state index contributed by atoms with van der Waals surface area (Å²) < 4.78 is 0. The zero-order valence-electron chi connectivity index (χ0n) is 13.2. The number of halogens is 1. The molecule has 0 aromatic heterocycles. The van der Waals surface area contributed by atoms with Gasteiger partial charge >= 0.3 is 0 Å². The minimum atomic E-state index is -0.0152. The second kappa shape index (κ2) is 8.37. The highest BCUT2D eigenvalue weighted by atomic mass is 35.5. The minimum Gasteiger partial charge on any atom is -0.330 e. The highest BCUT2D eigenvalue weighted by Crippen LogP contribution is 2.16. The Morgan fingerprint density at radius 1 is 1.33 bits per heavy atom. The van der Waals surface area contributed by atoms with E-state index in [1.54, 1.807) is 24.3 Å². The van der Waals surface area contributed by atoms with E-state index >= 15 is 0 Å². The molecule has 1 aromatic rings. The summed E-state index contributed by atoms with van der Waals surface area (Å²) in [4.78, 5) is 14.3. The molecule has 0 heterocycles. The molecule has 4 nitrogen and oxygen atoms in total. The zero-order chi connectivity index (χ0) is 15.9. The van der Waals surface area contributed by atoms with Crippen molar-refractivity contribution in [1.82, 2.24) is 4.90 Å². The number of carbonyl (C=O) groups excluding carboxylic acids is 1. The number of amides is 1. The fourth-order valence-corrected chi connectivity index (χ4v) is 2.26. The Labute approximate surface area is 132 Å². The van der Waals surface area contributed by atoms with Gasteiger partial charge in [0.2, 0.25) is 5.91 Å². The number of nitrogens with two attached hydrogens (primary N) is 1. The fourth-order valence-electron chi connectivity index (χ4n) is 2.14. The van der Waals surface area contributed by atoms with Crippen LogP contribution in [0.3, 0.4) is 0 Å². The van der Waals surface area contributed by atoms with Crippen molar-refractivity contribution in [1.29, 1.82) is 0 Å². The predicted molar refractivity (Wildman–Crippen MR) is 89.6 cm³/mol. The van der Waals surface area contributed by atoms with Crippen LogP contribution >= 0.6 is 11.6 Å². The SMILES string of the molecule is CCCN(CC(=O)Nc1ccc(Cl)cc1)CC(C)(C)CN. The molecule has 118 valence electrons. The quantitative estimate of drug-likeness (QED) is 0.776. The molecular formula is C16H26ClN3O. The molecule has 1 aromatic carbocycles. The number of anilines is 1. The Kier molecular flexibility index (Phi) is 7.15. The third kappa shape index (κ3) is 6.93. The van der Waals surface area contributed by atoms with Gasteiger partial charge in [-0.15, -0.1) is 0 Å². The highest BCUT2D eigenvalue weighted by Gasteiger charge is 2.21. The van der Waals surface area contributed by atoms with Crippen LogP contribution in [-0.4, -0.2) is 37.0 Å². The van der Waals surface area contributed by atoms with Gasteiger partial charge in [-0.25, -0.2) is 0 Å². The molecule has 0 aliphatic carbocycles. The van der Waals surface area contributed by atoms with Crippen LogP contribution in [0.5, 0.6) is 0 Å². The Hall–Kier alpha value is -1.10. The molecule has 0 fully saturated rings. The lowest BCUT2D eigenvalue weighted by atomic mass is 9.93. The first kappa shape index (κ1) is 18.0. The van der Waals surface area contributed by atoms with Gasteiger partial charge < -0.3 is 11.1 Å². The molecular weight excluding hydrogens is 286 g/mol. The van der Waals surface area contributed by atoms with Crippen LogP contribution in [-0.2, 0) is 4.79 Å². The number of carbonyl (C=O) groups is 1. The van der Waals surface area contributed by atoms with Crippen molar-refractivity contribution in [3.8, 4) is 0 Å². The molecule has 0 radical (unpaired) electrons. The molecule has 0 atom stereocenters. The maximum Gasteiger partial charge on any atom is 0.238 e. The lowest BCUT2D eigenvalue weighted by Crippen LogP contribution is -2.42. The van der Waals surface area contributed by atoms with E-state index in [0.29, 0.717) is 18.1 Å². The average Bonchev–Trinajstić information content (AvgIpc) is 2.41. The van der Waals surface area contributed by atoms with E-state index < -0.39 is 0 Å². The van der Waals surface area contributed by atoms with Crippen LogP contribution < -0.4 is 11.1 Å². The van der Waals surface area contributed by atoms with Crippen molar-refractivity contribution in [2.75, 3.05) is 31.5 Å². The van der Waals surface area contributed by atoms with Crippen LogP contribution in [0.1, 0.15) is 27.2 Å². The van der Waals surface area contributed by atoms with Gasteiger partial charge in [0.05, 0.1) is 6.54 Å². The van der Waals surface area contributed by atoms with Gasteiger partial charge in [-0.3, -0.25) is 9.69 Å². The molecule has 1 amide bonds. The molecule has 0 spiro atoms. The van der Waals surface area contributed by atoms with Gasteiger partial charge in [-0.1, -0.05) is 32.4 Å². The van der Waals surface area contributed by atoms with E-state index in [9.17, 15) is 4.79 Å². The summed E-state index contributed by atoms with van der Waals surface area (Å²) in [5, 5.41) is 3.55.